The Labute approximate surface area is 111 Å². The summed E-state index contributed by atoms with van der Waals surface area (Å²) in [6.45, 7) is 1.96. The maximum absolute atomic E-state index is 11.0. The molecule has 1 aliphatic rings. The summed E-state index contributed by atoms with van der Waals surface area (Å²) in [5.74, 6) is 0.210. The fraction of sp³-hybridized carbons (Fsp3) is 0.333. The van der Waals surface area contributed by atoms with E-state index in [0.29, 0.717) is 0 Å². The smallest absolute Gasteiger partial charge is 0.304 e. The first-order valence-corrected chi connectivity index (χ1v) is 6.43. The van der Waals surface area contributed by atoms with Crippen molar-refractivity contribution in [3.63, 3.8) is 0 Å². The summed E-state index contributed by atoms with van der Waals surface area (Å²) in [5, 5.41) is 9.03. The van der Waals surface area contributed by atoms with Crippen LogP contribution in [-0.4, -0.2) is 20.6 Å². The molecule has 1 aliphatic carbocycles. The monoisotopic (exact) mass is 256 g/mol. The summed E-state index contributed by atoms with van der Waals surface area (Å²) >= 11 is 0. The fourth-order valence-electron chi connectivity index (χ4n) is 2.64. The van der Waals surface area contributed by atoms with E-state index in [1.165, 1.54) is 0 Å². The molecule has 1 fully saturated rings. The van der Waals surface area contributed by atoms with E-state index in [2.05, 4.69) is 11.1 Å². The summed E-state index contributed by atoms with van der Waals surface area (Å²) in [6.07, 6.45) is 5.84. The molecule has 19 heavy (non-hydrogen) atoms. The van der Waals surface area contributed by atoms with Gasteiger partial charge < -0.3 is 9.67 Å². The van der Waals surface area contributed by atoms with Gasteiger partial charge in [0.05, 0.1) is 6.42 Å². The van der Waals surface area contributed by atoms with Gasteiger partial charge in [-0.05, 0) is 37.5 Å². The molecule has 3 rings (SSSR count). The van der Waals surface area contributed by atoms with Crippen molar-refractivity contribution >= 4 is 5.97 Å². The van der Waals surface area contributed by atoms with Crippen molar-refractivity contribution in [3.05, 3.63) is 48.0 Å². The lowest BCUT2D eigenvalue weighted by atomic mass is 9.92. The lowest BCUT2D eigenvalue weighted by molar-refractivity contribution is -0.137. The summed E-state index contributed by atoms with van der Waals surface area (Å²) in [7, 11) is 0. The van der Waals surface area contributed by atoms with Crippen LogP contribution < -0.4 is 0 Å². The molecule has 1 aromatic heterocycles. The Morgan fingerprint density at radius 1 is 1.47 bits per heavy atom. The van der Waals surface area contributed by atoms with E-state index in [9.17, 15) is 4.79 Å². The first-order chi connectivity index (χ1) is 9.11. The molecular formula is C15H16N2O2. The first-order valence-electron chi connectivity index (χ1n) is 6.43. The van der Waals surface area contributed by atoms with E-state index in [1.54, 1.807) is 6.20 Å². The molecule has 0 atom stereocenters. The fourth-order valence-corrected chi connectivity index (χ4v) is 2.64. The van der Waals surface area contributed by atoms with Gasteiger partial charge in [-0.15, -0.1) is 0 Å². The molecule has 1 heterocycles. The molecule has 0 saturated heterocycles. The third-order valence-electron chi connectivity index (χ3n) is 3.91. The first kappa shape index (κ1) is 12.0. The minimum atomic E-state index is -0.721. The van der Waals surface area contributed by atoms with Crippen LogP contribution in [0.5, 0.6) is 0 Å². The van der Waals surface area contributed by atoms with Crippen LogP contribution in [0.3, 0.4) is 0 Å². The molecule has 4 nitrogen and oxygen atoms in total. The number of imidazole rings is 1. The highest BCUT2D eigenvalue weighted by Crippen LogP contribution is 2.51. The minimum absolute atomic E-state index is 0.143. The number of hydrogen-bond acceptors (Lipinski definition) is 2. The minimum Gasteiger partial charge on any atom is -0.481 e. The van der Waals surface area contributed by atoms with Gasteiger partial charge in [-0.2, -0.15) is 0 Å². The zero-order valence-corrected chi connectivity index (χ0v) is 10.8. The molecule has 4 heteroatoms. The van der Waals surface area contributed by atoms with Crippen molar-refractivity contribution in [2.24, 2.45) is 0 Å². The van der Waals surface area contributed by atoms with Crippen LogP contribution in [0.25, 0.3) is 5.69 Å². The normalized spacial score (nSPS) is 16.3. The number of carbonyl (C=O) groups is 1. The molecule has 98 valence electrons. The van der Waals surface area contributed by atoms with Crippen molar-refractivity contribution in [2.45, 2.75) is 31.6 Å². The van der Waals surface area contributed by atoms with Crippen LogP contribution in [-0.2, 0) is 10.2 Å². The number of carboxylic acids is 1. The maximum Gasteiger partial charge on any atom is 0.304 e. The lowest BCUT2D eigenvalue weighted by Gasteiger charge is -2.15. The zero-order chi connectivity index (χ0) is 13.5. The highest BCUT2D eigenvalue weighted by atomic mass is 16.4. The molecule has 0 spiro atoms. The molecule has 1 saturated carbocycles. The number of aromatic nitrogens is 2. The standard InChI is InChI=1S/C15H16N2O2/c1-11-16-7-8-17(11)13-4-2-3-12(9-13)15(5-6-15)10-14(18)19/h2-4,7-9H,5-6,10H2,1H3,(H,18,19). The molecular weight excluding hydrogens is 240 g/mol. The second-order valence-electron chi connectivity index (χ2n) is 5.25. The third-order valence-corrected chi connectivity index (χ3v) is 3.91. The van der Waals surface area contributed by atoms with Crippen LogP contribution in [0.1, 0.15) is 30.7 Å². The highest BCUT2D eigenvalue weighted by Gasteiger charge is 2.45. The molecule has 1 N–H and O–H groups in total. The van der Waals surface area contributed by atoms with E-state index in [4.69, 9.17) is 5.11 Å². The molecule has 0 unspecified atom stereocenters. The van der Waals surface area contributed by atoms with Crippen LogP contribution in [0.15, 0.2) is 36.7 Å². The molecule has 2 aromatic rings. The number of rotatable bonds is 4. The number of benzene rings is 1. The molecule has 1 aromatic carbocycles. The van der Waals surface area contributed by atoms with Gasteiger partial charge in [0.1, 0.15) is 5.82 Å². The van der Waals surface area contributed by atoms with E-state index in [0.717, 1.165) is 29.9 Å². The molecule has 0 aliphatic heterocycles. The topological polar surface area (TPSA) is 55.1 Å². The number of aliphatic carboxylic acids is 1. The Kier molecular flexibility index (Phi) is 2.66. The summed E-state index contributed by atoms with van der Waals surface area (Å²) in [6, 6.07) is 8.14. The third kappa shape index (κ3) is 2.14. The van der Waals surface area contributed by atoms with Gasteiger partial charge in [-0.25, -0.2) is 4.98 Å². The highest BCUT2D eigenvalue weighted by molar-refractivity contribution is 5.70. The van der Waals surface area contributed by atoms with Crippen molar-refractivity contribution < 1.29 is 9.90 Å². The molecule has 0 bridgehead atoms. The average Bonchev–Trinajstić information content (AvgIpc) is 3.02. The van der Waals surface area contributed by atoms with Crippen LogP contribution >= 0.6 is 0 Å². The van der Waals surface area contributed by atoms with E-state index in [1.807, 2.05) is 35.9 Å². The number of aryl methyl sites for hydroxylation is 1. The zero-order valence-electron chi connectivity index (χ0n) is 10.8. The largest absolute Gasteiger partial charge is 0.481 e. The van der Waals surface area contributed by atoms with Crippen molar-refractivity contribution in [3.8, 4) is 5.69 Å². The van der Waals surface area contributed by atoms with Crippen LogP contribution in [0, 0.1) is 6.92 Å². The van der Waals surface area contributed by atoms with Gasteiger partial charge in [0.15, 0.2) is 0 Å². The van der Waals surface area contributed by atoms with E-state index < -0.39 is 5.97 Å². The summed E-state index contributed by atoms with van der Waals surface area (Å²) in [4.78, 5) is 15.2. The van der Waals surface area contributed by atoms with Gasteiger partial charge in [0.25, 0.3) is 0 Å². The Balaban J connectivity index is 1.97. The Morgan fingerprint density at radius 2 is 2.26 bits per heavy atom. The Bertz CT molecular complexity index is 627. The Hall–Kier alpha value is -2.10. The lowest BCUT2D eigenvalue weighted by Crippen LogP contribution is -2.13. The number of nitrogens with zero attached hydrogens (tertiary/aromatic N) is 2. The summed E-state index contributed by atoms with van der Waals surface area (Å²) in [5.41, 5.74) is 2.03. The van der Waals surface area contributed by atoms with Crippen molar-refractivity contribution in [2.75, 3.05) is 0 Å². The van der Waals surface area contributed by atoms with Crippen molar-refractivity contribution in [1.29, 1.82) is 0 Å². The SMILES string of the molecule is Cc1nccn1-c1cccc(C2(CC(=O)O)CC2)c1. The van der Waals surface area contributed by atoms with Crippen molar-refractivity contribution in [1.82, 2.24) is 9.55 Å². The average molecular weight is 256 g/mol. The van der Waals surface area contributed by atoms with Gasteiger partial charge in [0, 0.05) is 23.5 Å². The van der Waals surface area contributed by atoms with E-state index in [-0.39, 0.29) is 11.8 Å². The van der Waals surface area contributed by atoms with Gasteiger partial charge in [-0.3, -0.25) is 4.79 Å². The second kappa shape index (κ2) is 4.23. The number of carboxylic acid groups (broad SMARTS) is 1. The second-order valence-corrected chi connectivity index (χ2v) is 5.25. The molecule has 0 amide bonds. The number of hydrogen-bond donors (Lipinski definition) is 1. The predicted molar refractivity (Wildman–Crippen MR) is 71.5 cm³/mol. The maximum atomic E-state index is 11.0. The summed E-state index contributed by atoms with van der Waals surface area (Å²) < 4.78 is 2.01. The molecule has 0 radical (unpaired) electrons. The van der Waals surface area contributed by atoms with Crippen LogP contribution in [0.2, 0.25) is 0 Å². The van der Waals surface area contributed by atoms with E-state index >= 15 is 0 Å². The quantitative estimate of drug-likeness (QED) is 0.915. The van der Waals surface area contributed by atoms with Gasteiger partial charge >= 0.3 is 5.97 Å². The van der Waals surface area contributed by atoms with Crippen LogP contribution in [0.4, 0.5) is 0 Å². The Morgan fingerprint density at radius 3 is 2.84 bits per heavy atom. The van der Waals surface area contributed by atoms with Gasteiger partial charge in [0.2, 0.25) is 0 Å². The van der Waals surface area contributed by atoms with Gasteiger partial charge in [-0.1, -0.05) is 12.1 Å². The predicted octanol–water partition coefficient (Wildman–Crippen LogP) is 2.69.